The lowest BCUT2D eigenvalue weighted by Gasteiger charge is -2.14. The predicted octanol–water partition coefficient (Wildman–Crippen LogP) is 1.76. The second kappa shape index (κ2) is 7.71. The number of hydrogen-bond acceptors (Lipinski definition) is 5. The Morgan fingerprint density at radius 2 is 2.17 bits per heavy atom. The summed E-state index contributed by atoms with van der Waals surface area (Å²) in [5.74, 6) is -0.427. The lowest BCUT2D eigenvalue weighted by Crippen LogP contribution is -2.34. The van der Waals surface area contributed by atoms with Gasteiger partial charge in [0.25, 0.3) is 0 Å². The van der Waals surface area contributed by atoms with E-state index in [1.807, 2.05) is 24.6 Å². The lowest BCUT2D eigenvalue weighted by molar-refractivity contribution is -0.389. The monoisotopic (exact) mass is 334 g/mol. The molecule has 0 saturated carbocycles. The molecule has 0 saturated heterocycles. The molecular weight excluding hydrogens is 312 g/mol. The summed E-state index contributed by atoms with van der Waals surface area (Å²) in [5.41, 5.74) is 1.67. The Morgan fingerprint density at radius 1 is 1.42 bits per heavy atom. The topological polar surface area (TPSA) is 108 Å². The molecule has 2 aromatic rings. The van der Waals surface area contributed by atoms with E-state index in [2.05, 4.69) is 15.5 Å². The van der Waals surface area contributed by atoms with Crippen molar-refractivity contribution in [2.24, 2.45) is 0 Å². The standard InChI is InChI=1S/C15H22N6O3/c1-4-13(20-12(3)10-14(18-20)21(23)24)15(22)16-7-5-9-19-11(2)6-8-17-19/h6,8,10,13H,4-5,7,9H2,1-3H3,(H,16,22). The molecule has 1 N–H and O–H groups in total. The number of aryl methyl sites for hydroxylation is 3. The van der Waals surface area contributed by atoms with Gasteiger partial charge in [0, 0.05) is 25.0 Å². The van der Waals surface area contributed by atoms with Gasteiger partial charge in [-0.25, -0.2) is 0 Å². The molecule has 1 atom stereocenters. The highest BCUT2D eigenvalue weighted by atomic mass is 16.6. The van der Waals surface area contributed by atoms with Crippen LogP contribution in [0.15, 0.2) is 18.3 Å². The Kier molecular flexibility index (Phi) is 5.67. The maximum Gasteiger partial charge on any atom is 0.390 e. The molecule has 0 aliphatic heterocycles. The molecule has 0 aromatic carbocycles. The van der Waals surface area contributed by atoms with Gasteiger partial charge < -0.3 is 15.4 Å². The van der Waals surface area contributed by atoms with E-state index in [1.165, 1.54) is 10.7 Å². The zero-order chi connectivity index (χ0) is 17.7. The lowest BCUT2D eigenvalue weighted by atomic mass is 10.2. The molecule has 0 fully saturated rings. The number of carbonyl (C=O) groups excluding carboxylic acids is 1. The van der Waals surface area contributed by atoms with Crippen LogP contribution < -0.4 is 5.32 Å². The maximum absolute atomic E-state index is 12.4. The van der Waals surface area contributed by atoms with E-state index in [1.54, 1.807) is 13.1 Å². The third kappa shape index (κ3) is 3.98. The molecule has 0 bridgehead atoms. The van der Waals surface area contributed by atoms with Crippen LogP contribution in [0.25, 0.3) is 0 Å². The summed E-state index contributed by atoms with van der Waals surface area (Å²) in [6, 6.07) is 2.75. The Labute approximate surface area is 139 Å². The van der Waals surface area contributed by atoms with Gasteiger partial charge in [-0.1, -0.05) is 6.92 Å². The van der Waals surface area contributed by atoms with Gasteiger partial charge in [-0.2, -0.15) is 9.78 Å². The molecule has 9 nitrogen and oxygen atoms in total. The largest absolute Gasteiger partial charge is 0.390 e. The molecule has 0 aliphatic rings. The molecule has 0 spiro atoms. The zero-order valence-corrected chi connectivity index (χ0v) is 14.1. The second-order valence-corrected chi connectivity index (χ2v) is 5.61. The van der Waals surface area contributed by atoms with Crippen LogP contribution in [0.5, 0.6) is 0 Å². The zero-order valence-electron chi connectivity index (χ0n) is 14.1. The highest BCUT2D eigenvalue weighted by Gasteiger charge is 2.26. The molecule has 1 unspecified atom stereocenters. The highest BCUT2D eigenvalue weighted by Crippen LogP contribution is 2.18. The molecular formula is C15H22N6O3. The third-order valence-electron chi connectivity index (χ3n) is 3.86. The SMILES string of the molecule is CCC(C(=O)NCCCn1nccc1C)n1nc([N+](=O)[O-])cc1C. The van der Waals surface area contributed by atoms with Crippen LogP contribution in [0, 0.1) is 24.0 Å². The summed E-state index contributed by atoms with van der Waals surface area (Å²) >= 11 is 0. The quantitative estimate of drug-likeness (QED) is 0.449. The molecule has 24 heavy (non-hydrogen) atoms. The maximum atomic E-state index is 12.4. The highest BCUT2D eigenvalue weighted by molar-refractivity contribution is 5.80. The summed E-state index contributed by atoms with van der Waals surface area (Å²) in [7, 11) is 0. The fourth-order valence-electron chi connectivity index (χ4n) is 2.54. The van der Waals surface area contributed by atoms with Gasteiger partial charge in [-0.15, -0.1) is 0 Å². The normalized spacial score (nSPS) is 12.1. The van der Waals surface area contributed by atoms with Crippen LogP contribution in [-0.2, 0) is 11.3 Å². The molecule has 1 amide bonds. The predicted molar refractivity (Wildman–Crippen MR) is 87.5 cm³/mol. The van der Waals surface area contributed by atoms with Crippen molar-refractivity contribution in [3.05, 3.63) is 39.8 Å². The van der Waals surface area contributed by atoms with Crippen LogP contribution in [0.1, 0.15) is 37.2 Å². The molecule has 130 valence electrons. The first kappa shape index (κ1) is 17.6. The van der Waals surface area contributed by atoms with Gasteiger partial charge in [0.2, 0.25) is 5.91 Å². The van der Waals surface area contributed by atoms with Crippen molar-refractivity contribution in [3.63, 3.8) is 0 Å². The van der Waals surface area contributed by atoms with Crippen molar-refractivity contribution in [2.75, 3.05) is 6.54 Å². The number of hydrogen-bond donors (Lipinski definition) is 1. The van der Waals surface area contributed by atoms with Crippen LogP contribution in [0.2, 0.25) is 0 Å². The summed E-state index contributed by atoms with van der Waals surface area (Å²) < 4.78 is 3.30. The number of amides is 1. The van der Waals surface area contributed by atoms with Gasteiger partial charge in [-0.05, 0) is 37.7 Å². The average Bonchev–Trinajstić information content (AvgIpc) is 3.11. The van der Waals surface area contributed by atoms with E-state index in [4.69, 9.17) is 0 Å². The summed E-state index contributed by atoms with van der Waals surface area (Å²) in [4.78, 5) is 22.6. The van der Waals surface area contributed by atoms with Gasteiger partial charge in [0.15, 0.2) is 6.04 Å². The summed E-state index contributed by atoms with van der Waals surface area (Å²) in [6.45, 7) is 6.77. The van der Waals surface area contributed by atoms with Crippen molar-refractivity contribution in [3.8, 4) is 0 Å². The Morgan fingerprint density at radius 3 is 2.71 bits per heavy atom. The van der Waals surface area contributed by atoms with Gasteiger partial charge in [-0.3, -0.25) is 9.48 Å². The number of nitrogens with zero attached hydrogens (tertiary/aromatic N) is 5. The summed E-state index contributed by atoms with van der Waals surface area (Å²) in [5, 5.41) is 21.8. The van der Waals surface area contributed by atoms with E-state index in [0.717, 1.165) is 18.7 Å². The molecule has 9 heteroatoms. The fraction of sp³-hybridized carbons (Fsp3) is 0.533. The van der Waals surface area contributed by atoms with E-state index >= 15 is 0 Å². The fourth-order valence-corrected chi connectivity index (χ4v) is 2.54. The number of carbonyl (C=O) groups is 1. The van der Waals surface area contributed by atoms with Gasteiger partial charge in [0.1, 0.15) is 0 Å². The van der Waals surface area contributed by atoms with Crippen molar-refractivity contribution >= 4 is 11.7 Å². The molecule has 2 rings (SSSR count). The second-order valence-electron chi connectivity index (χ2n) is 5.61. The van der Waals surface area contributed by atoms with Gasteiger partial charge in [0.05, 0.1) is 16.9 Å². The van der Waals surface area contributed by atoms with Crippen molar-refractivity contribution in [1.82, 2.24) is 24.9 Å². The van der Waals surface area contributed by atoms with Crippen molar-refractivity contribution < 1.29 is 9.72 Å². The van der Waals surface area contributed by atoms with Crippen molar-refractivity contribution in [1.29, 1.82) is 0 Å². The van der Waals surface area contributed by atoms with E-state index in [-0.39, 0.29) is 11.7 Å². The third-order valence-corrected chi connectivity index (χ3v) is 3.86. The number of rotatable bonds is 8. The minimum Gasteiger partial charge on any atom is -0.358 e. The number of nitro groups is 1. The first-order valence-electron chi connectivity index (χ1n) is 7.90. The number of nitrogens with one attached hydrogen (secondary N) is 1. The molecule has 0 radical (unpaired) electrons. The molecule has 2 aromatic heterocycles. The Hall–Kier alpha value is -2.71. The molecule has 2 heterocycles. The smallest absolute Gasteiger partial charge is 0.358 e. The van der Waals surface area contributed by atoms with Crippen LogP contribution >= 0.6 is 0 Å². The van der Waals surface area contributed by atoms with Crippen LogP contribution in [-0.4, -0.2) is 36.9 Å². The minimum absolute atomic E-state index is 0.184. The minimum atomic E-state index is -0.555. The van der Waals surface area contributed by atoms with Crippen molar-refractivity contribution in [2.45, 2.75) is 46.2 Å². The number of aromatic nitrogens is 4. The van der Waals surface area contributed by atoms with Crippen LogP contribution in [0.4, 0.5) is 5.82 Å². The van der Waals surface area contributed by atoms with E-state index in [0.29, 0.717) is 18.7 Å². The van der Waals surface area contributed by atoms with Gasteiger partial charge >= 0.3 is 5.82 Å². The first-order valence-corrected chi connectivity index (χ1v) is 7.90. The van der Waals surface area contributed by atoms with E-state index < -0.39 is 11.0 Å². The Balaban J connectivity index is 1.92. The first-order chi connectivity index (χ1) is 11.4. The summed E-state index contributed by atoms with van der Waals surface area (Å²) in [6.07, 6.45) is 3.00. The molecule has 0 aliphatic carbocycles. The average molecular weight is 334 g/mol. The van der Waals surface area contributed by atoms with Crippen LogP contribution in [0.3, 0.4) is 0 Å². The Bertz CT molecular complexity index is 721. The van der Waals surface area contributed by atoms with E-state index in [9.17, 15) is 14.9 Å².